The maximum atomic E-state index is 5.45. The number of rotatable bonds is 3. The van der Waals surface area contributed by atoms with E-state index in [2.05, 4.69) is 38.7 Å². The highest BCUT2D eigenvalue weighted by molar-refractivity contribution is 5.74. The quantitative estimate of drug-likeness (QED) is 0.758. The molecule has 0 unspecified atom stereocenters. The van der Waals surface area contributed by atoms with Crippen molar-refractivity contribution >= 4 is 17.0 Å². The number of fused-ring (bicyclic) bond motifs is 3. The molecule has 4 rings (SSSR count). The third kappa shape index (κ3) is 2.40. The van der Waals surface area contributed by atoms with E-state index in [-0.39, 0.29) is 0 Å². The smallest absolute Gasteiger partial charge is 0.358 e. The Labute approximate surface area is 125 Å². The number of morpholine rings is 1. The van der Waals surface area contributed by atoms with Gasteiger partial charge in [0.05, 0.1) is 26.3 Å². The van der Waals surface area contributed by atoms with E-state index < -0.39 is 0 Å². The Hall–Kier alpha value is -1.59. The zero-order valence-electron chi connectivity index (χ0n) is 12.5. The van der Waals surface area contributed by atoms with E-state index >= 15 is 0 Å². The molecule has 0 spiro atoms. The van der Waals surface area contributed by atoms with Crippen LogP contribution in [0.15, 0.2) is 24.3 Å². The molecule has 3 heterocycles. The molecule has 1 saturated heterocycles. The Morgan fingerprint density at radius 3 is 3.00 bits per heavy atom. The molecule has 21 heavy (non-hydrogen) atoms. The molecule has 1 aromatic carbocycles. The van der Waals surface area contributed by atoms with Crippen LogP contribution in [0.3, 0.4) is 0 Å². The van der Waals surface area contributed by atoms with Crippen LogP contribution >= 0.6 is 0 Å². The molecule has 2 aromatic rings. The lowest BCUT2D eigenvalue weighted by Crippen LogP contribution is -3.14. The van der Waals surface area contributed by atoms with Crippen molar-refractivity contribution in [1.29, 1.82) is 0 Å². The second-order valence-corrected chi connectivity index (χ2v) is 6.01. The monoisotopic (exact) mass is 288 g/mol. The van der Waals surface area contributed by atoms with Gasteiger partial charge >= 0.3 is 5.95 Å². The van der Waals surface area contributed by atoms with Crippen molar-refractivity contribution in [3.63, 3.8) is 0 Å². The molecule has 2 aliphatic heterocycles. The summed E-state index contributed by atoms with van der Waals surface area (Å²) in [6.45, 7) is 8.56. The van der Waals surface area contributed by atoms with E-state index in [0.717, 1.165) is 45.9 Å². The van der Waals surface area contributed by atoms with Crippen LogP contribution in [0.2, 0.25) is 0 Å². The number of imidazole rings is 1. The lowest BCUT2D eigenvalue weighted by Gasteiger charge is -2.23. The predicted molar refractivity (Wildman–Crippen MR) is 81.6 cm³/mol. The van der Waals surface area contributed by atoms with Gasteiger partial charge in [-0.3, -0.25) is 5.32 Å². The van der Waals surface area contributed by atoms with Gasteiger partial charge in [0.15, 0.2) is 0 Å². The normalized spacial score (nSPS) is 19.4. The number of benzene rings is 1. The number of hydrogen-bond acceptors (Lipinski definition) is 2. The number of hydrogen-bond donors (Lipinski definition) is 2. The first-order valence-electron chi connectivity index (χ1n) is 8.10. The molecular formula is C16H24N4O+2. The summed E-state index contributed by atoms with van der Waals surface area (Å²) in [6.07, 6.45) is 1.21. The largest absolute Gasteiger partial charge is 0.370 e. The van der Waals surface area contributed by atoms with Gasteiger partial charge in [0.2, 0.25) is 0 Å². The minimum absolute atomic E-state index is 0.910. The summed E-state index contributed by atoms with van der Waals surface area (Å²) in [4.78, 5) is 1.66. The van der Waals surface area contributed by atoms with Gasteiger partial charge < -0.3 is 9.64 Å². The van der Waals surface area contributed by atoms with E-state index in [9.17, 15) is 0 Å². The van der Waals surface area contributed by atoms with Gasteiger partial charge in [0.25, 0.3) is 0 Å². The molecule has 112 valence electrons. The Bertz CT molecular complexity index is 630. The molecule has 2 aliphatic rings. The van der Waals surface area contributed by atoms with Crippen LogP contribution < -0.4 is 14.8 Å². The first-order chi connectivity index (χ1) is 10.4. The summed E-state index contributed by atoms with van der Waals surface area (Å²) in [5.74, 6) is 1.29. The molecule has 5 heteroatoms. The van der Waals surface area contributed by atoms with Gasteiger partial charge in [-0.15, -0.1) is 0 Å². The lowest BCUT2D eigenvalue weighted by molar-refractivity contribution is -0.908. The third-order valence-corrected chi connectivity index (χ3v) is 4.71. The molecule has 2 N–H and O–H groups in total. The van der Waals surface area contributed by atoms with Gasteiger partial charge in [-0.1, -0.05) is 12.1 Å². The van der Waals surface area contributed by atoms with Crippen molar-refractivity contribution in [2.75, 3.05) is 44.7 Å². The van der Waals surface area contributed by atoms with E-state index in [0.29, 0.717) is 0 Å². The average Bonchev–Trinajstić information content (AvgIpc) is 2.88. The van der Waals surface area contributed by atoms with Crippen molar-refractivity contribution < 1.29 is 14.2 Å². The van der Waals surface area contributed by atoms with E-state index in [4.69, 9.17) is 4.74 Å². The van der Waals surface area contributed by atoms with Crippen LogP contribution in [0.4, 0.5) is 5.95 Å². The molecular weight excluding hydrogens is 264 g/mol. The minimum Gasteiger partial charge on any atom is -0.370 e. The van der Waals surface area contributed by atoms with Crippen LogP contribution in [0.5, 0.6) is 0 Å². The number of nitrogens with one attached hydrogen (secondary N) is 2. The van der Waals surface area contributed by atoms with Gasteiger partial charge in [-0.2, -0.15) is 0 Å². The van der Waals surface area contributed by atoms with Crippen molar-refractivity contribution in [2.24, 2.45) is 0 Å². The molecule has 1 fully saturated rings. The fourth-order valence-electron chi connectivity index (χ4n) is 3.56. The van der Waals surface area contributed by atoms with Crippen LogP contribution in [-0.2, 0) is 17.8 Å². The van der Waals surface area contributed by atoms with Crippen LogP contribution in [0.25, 0.3) is 11.0 Å². The van der Waals surface area contributed by atoms with Gasteiger partial charge in [0, 0.05) is 6.42 Å². The molecule has 0 radical (unpaired) electrons. The Balaban J connectivity index is 1.64. The lowest BCUT2D eigenvalue weighted by atomic mass is 10.3. The second-order valence-electron chi connectivity index (χ2n) is 6.01. The first-order valence-corrected chi connectivity index (χ1v) is 8.10. The highest BCUT2D eigenvalue weighted by atomic mass is 16.5. The summed E-state index contributed by atoms with van der Waals surface area (Å²) >= 11 is 0. The molecule has 1 aromatic heterocycles. The fourth-order valence-corrected chi connectivity index (χ4v) is 3.56. The molecule has 0 bridgehead atoms. The molecule has 0 aliphatic carbocycles. The number of quaternary nitrogens is 1. The SMILES string of the molecule is c1ccc2c(c1)n(CC[NH+]1CCOCC1)c1[n+]2CCCN1. The van der Waals surface area contributed by atoms with E-state index in [1.54, 1.807) is 4.90 Å². The highest BCUT2D eigenvalue weighted by Gasteiger charge is 2.26. The van der Waals surface area contributed by atoms with Gasteiger partial charge in [-0.25, -0.2) is 9.13 Å². The van der Waals surface area contributed by atoms with Crippen molar-refractivity contribution in [3.8, 4) is 0 Å². The first kappa shape index (κ1) is 13.1. The van der Waals surface area contributed by atoms with Gasteiger partial charge in [-0.05, 0) is 12.1 Å². The molecule has 0 saturated carbocycles. The highest BCUT2D eigenvalue weighted by Crippen LogP contribution is 2.19. The molecule has 0 atom stereocenters. The summed E-state index contributed by atoms with van der Waals surface area (Å²) in [7, 11) is 0. The average molecular weight is 288 g/mol. The zero-order valence-corrected chi connectivity index (χ0v) is 12.5. The number of para-hydroxylation sites is 2. The van der Waals surface area contributed by atoms with Crippen LogP contribution in [-0.4, -0.2) is 44.0 Å². The number of nitrogens with zero attached hydrogens (tertiary/aromatic N) is 2. The van der Waals surface area contributed by atoms with Gasteiger partial charge in [0.1, 0.15) is 37.2 Å². The number of aryl methyl sites for hydroxylation is 1. The van der Waals surface area contributed by atoms with Crippen LogP contribution in [0, 0.1) is 0 Å². The topological polar surface area (TPSA) is 34.5 Å². The maximum Gasteiger partial charge on any atom is 0.358 e. The standard InChI is InChI=1S/C16H22N4O/c1-2-5-15-14(4-1)19-7-3-6-17-16(19)20(15)9-8-18-10-12-21-13-11-18/h1-2,4-5H,3,6-13H2/p+2. The predicted octanol–water partition coefficient (Wildman–Crippen LogP) is -0.340. The summed E-state index contributed by atoms with van der Waals surface area (Å²) in [5, 5.41) is 3.60. The number of aromatic nitrogens is 2. The Morgan fingerprint density at radius 1 is 1.24 bits per heavy atom. The van der Waals surface area contributed by atoms with E-state index in [1.165, 1.54) is 29.9 Å². The molecule has 5 nitrogen and oxygen atoms in total. The summed E-state index contributed by atoms with van der Waals surface area (Å²) < 4.78 is 10.4. The Kier molecular flexibility index (Phi) is 3.53. The van der Waals surface area contributed by atoms with E-state index in [1.807, 2.05) is 0 Å². The maximum absolute atomic E-state index is 5.45. The summed E-state index contributed by atoms with van der Waals surface area (Å²) in [6, 6.07) is 8.77. The Morgan fingerprint density at radius 2 is 2.10 bits per heavy atom. The van der Waals surface area contributed by atoms with Crippen molar-refractivity contribution in [1.82, 2.24) is 4.57 Å². The number of ether oxygens (including phenoxy) is 1. The second kappa shape index (κ2) is 5.66. The van der Waals surface area contributed by atoms with Crippen molar-refractivity contribution in [3.05, 3.63) is 24.3 Å². The summed E-state index contributed by atoms with van der Waals surface area (Å²) in [5.41, 5.74) is 2.71. The van der Waals surface area contributed by atoms with Crippen molar-refractivity contribution in [2.45, 2.75) is 19.5 Å². The zero-order chi connectivity index (χ0) is 14.1. The minimum atomic E-state index is 0.910. The third-order valence-electron chi connectivity index (χ3n) is 4.71. The molecule has 0 amide bonds. The fraction of sp³-hybridized carbons (Fsp3) is 0.562. The van der Waals surface area contributed by atoms with Crippen LogP contribution in [0.1, 0.15) is 6.42 Å². The number of anilines is 1.